The van der Waals surface area contributed by atoms with Gasteiger partial charge in [0.1, 0.15) is 5.69 Å². The van der Waals surface area contributed by atoms with Crippen LogP contribution in [0.25, 0.3) is 0 Å². The molecule has 1 aromatic heterocycles. The van der Waals surface area contributed by atoms with Crippen molar-refractivity contribution in [3.05, 3.63) is 88.2 Å². The van der Waals surface area contributed by atoms with Gasteiger partial charge in [0.25, 0.3) is 5.91 Å². The summed E-state index contributed by atoms with van der Waals surface area (Å²) in [5.74, 6) is 5.32. The number of aromatic nitrogens is 1. The summed E-state index contributed by atoms with van der Waals surface area (Å²) in [5, 5.41) is 3.25. The first-order valence-corrected chi connectivity index (χ1v) is 8.39. The van der Waals surface area contributed by atoms with E-state index in [-0.39, 0.29) is 5.91 Å². The Hall–Kier alpha value is -3.49. The van der Waals surface area contributed by atoms with Crippen molar-refractivity contribution >= 4 is 29.2 Å². The number of methoxy groups -OCH3 is 1. The van der Waals surface area contributed by atoms with Crippen LogP contribution in [0.1, 0.15) is 32.0 Å². The molecule has 0 atom stereocenters. The molecule has 0 radical (unpaired) electrons. The molecular weight excluding hydrogens is 364 g/mol. The zero-order chi connectivity index (χ0) is 19.2. The third-order valence-electron chi connectivity index (χ3n) is 3.65. The SMILES string of the molecule is COC(=O)c1cccc(C#Cc2cccc(NC(=O)c3cc(Cl)c[nH]3)c2)c1. The van der Waals surface area contributed by atoms with Gasteiger partial charge in [-0.25, -0.2) is 4.79 Å². The van der Waals surface area contributed by atoms with E-state index in [1.807, 2.05) is 6.07 Å². The van der Waals surface area contributed by atoms with E-state index in [0.29, 0.717) is 27.5 Å². The lowest BCUT2D eigenvalue weighted by molar-refractivity contribution is 0.0600. The number of halogens is 1. The third kappa shape index (κ3) is 4.78. The number of anilines is 1. The van der Waals surface area contributed by atoms with E-state index in [1.165, 1.54) is 7.11 Å². The Bertz CT molecular complexity index is 1060. The second-order valence-electron chi connectivity index (χ2n) is 5.59. The predicted molar refractivity (Wildman–Crippen MR) is 104 cm³/mol. The van der Waals surface area contributed by atoms with Crippen LogP contribution in [0.15, 0.2) is 60.8 Å². The highest BCUT2D eigenvalue weighted by Crippen LogP contribution is 2.14. The Kier molecular flexibility index (Phi) is 5.60. The van der Waals surface area contributed by atoms with Crippen LogP contribution in [-0.4, -0.2) is 24.0 Å². The molecule has 5 nitrogen and oxygen atoms in total. The summed E-state index contributed by atoms with van der Waals surface area (Å²) in [5.41, 5.74) is 2.83. The Morgan fingerprint density at radius 3 is 2.41 bits per heavy atom. The van der Waals surface area contributed by atoms with Gasteiger partial charge in [0, 0.05) is 23.0 Å². The van der Waals surface area contributed by atoms with Crippen LogP contribution >= 0.6 is 11.6 Å². The highest BCUT2D eigenvalue weighted by atomic mass is 35.5. The van der Waals surface area contributed by atoms with Gasteiger partial charge in [0.05, 0.1) is 17.7 Å². The Balaban J connectivity index is 1.76. The number of H-pyrrole nitrogens is 1. The highest BCUT2D eigenvalue weighted by molar-refractivity contribution is 6.31. The van der Waals surface area contributed by atoms with Crippen molar-refractivity contribution in [1.82, 2.24) is 4.98 Å². The first-order valence-electron chi connectivity index (χ1n) is 8.01. The molecule has 0 aliphatic carbocycles. The quantitative estimate of drug-likeness (QED) is 0.532. The van der Waals surface area contributed by atoms with Gasteiger partial charge in [-0.15, -0.1) is 0 Å². The van der Waals surface area contributed by atoms with E-state index in [0.717, 1.165) is 5.56 Å². The summed E-state index contributed by atoms with van der Waals surface area (Å²) in [6.45, 7) is 0. The highest BCUT2D eigenvalue weighted by Gasteiger charge is 2.08. The van der Waals surface area contributed by atoms with Crippen molar-refractivity contribution in [1.29, 1.82) is 0 Å². The average Bonchev–Trinajstić information content (AvgIpc) is 3.13. The molecule has 1 amide bonds. The topological polar surface area (TPSA) is 71.2 Å². The number of nitrogens with one attached hydrogen (secondary N) is 2. The summed E-state index contributed by atoms with van der Waals surface area (Å²) >= 11 is 5.81. The Morgan fingerprint density at radius 2 is 1.74 bits per heavy atom. The minimum atomic E-state index is -0.409. The molecule has 0 spiro atoms. The lowest BCUT2D eigenvalue weighted by Crippen LogP contribution is -2.12. The van der Waals surface area contributed by atoms with E-state index in [1.54, 1.807) is 54.7 Å². The molecule has 0 unspecified atom stereocenters. The largest absolute Gasteiger partial charge is 0.465 e. The third-order valence-corrected chi connectivity index (χ3v) is 3.87. The van der Waals surface area contributed by atoms with Crippen LogP contribution < -0.4 is 5.32 Å². The van der Waals surface area contributed by atoms with Gasteiger partial charge in [0.2, 0.25) is 0 Å². The normalized spacial score (nSPS) is 9.85. The maximum atomic E-state index is 12.2. The summed E-state index contributed by atoms with van der Waals surface area (Å²) < 4.78 is 4.71. The molecule has 0 aliphatic heterocycles. The molecule has 3 rings (SSSR count). The number of carbonyl (C=O) groups excluding carboxylic acids is 2. The Labute approximate surface area is 161 Å². The van der Waals surface area contributed by atoms with E-state index >= 15 is 0 Å². The number of carbonyl (C=O) groups is 2. The number of amides is 1. The average molecular weight is 379 g/mol. The van der Waals surface area contributed by atoms with E-state index < -0.39 is 5.97 Å². The molecular formula is C21H15ClN2O3. The van der Waals surface area contributed by atoms with Crippen LogP contribution in [0, 0.1) is 11.8 Å². The second-order valence-corrected chi connectivity index (χ2v) is 6.03. The monoisotopic (exact) mass is 378 g/mol. The fourth-order valence-electron chi connectivity index (χ4n) is 2.36. The second kappa shape index (κ2) is 8.26. The number of hydrogen-bond donors (Lipinski definition) is 2. The van der Waals surface area contributed by atoms with Crippen LogP contribution in [0.4, 0.5) is 5.69 Å². The first kappa shape index (κ1) is 18.3. The molecule has 0 saturated heterocycles. The number of aromatic amines is 1. The van der Waals surface area contributed by atoms with Crippen molar-refractivity contribution < 1.29 is 14.3 Å². The molecule has 0 bridgehead atoms. The maximum absolute atomic E-state index is 12.2. The summed E-state index contributed by atoms with van der Waals surface area (Å²) in [7, 11) is 1.33. The molecule has 3 aromatic rings. The van der Waals surface area contributed by atoms with Gasteiger partial charge in [-0.3, -0.25) is 4.79 Å². The van der Waals surface area contributed by atoms with Crippen molar-refractivity contribution in [3.8, 4) is 11.8 Å². The summed E-state index contributed by atoms with van der Waals surface area (Å²) in [6, 6.07) is 15.6. The summed E-state index contributed by atoms with van der Waals surface area (Å²) in [4.78, 5) is 26.5. The van der Waals surface area contributed by atoms with Crippen LogP contribution in [0.5, 0.6) is 0 Å². The minimum absolute atomic E-state index is 0.294. The minimum Gasteiger partial charge on any atom is -0.465 e. The van der Waals surface area contributed by atoms with Crippen LogP contribution in [0.3, 0.4) is 0 Å². The Morgan fingerprint density at radius 1 is 1.04 bits per heavy atom. The summed E-state index contributed by atoms with van der Waals surface area (Å²) in [6.07, 6.45) is 1.54. The van der Waals surface area contributed by atoms with E-state index in [9.17, 15) is 9.59 Å². The zero-order valence-electron chi connectivity index (χ0n) is 14.4. The number of rotatable bonds is 3. The van der Waals surface area contributed by atoms with Gasteiger partial charge in [-0.1, -0.05) is 35.6 Å². The van der Waals surface area contributed by atoms with Gasteiger partial charge in [-0.05, 0) is 42.5 Å². The smallest absolute Gasteiger partial charge is 0.337 e. The molecule has 0 fully saturated rings. The van der Waals surface area contributed by atoms with Crippen molar-refractivity contribution in [2.75, 3.05) is 12.4 Å². The van der Waals surface area contributed by atoms with Crippen molar-refractivity contribution in [2.45, 2.75) is 0 Å². The lowest BCUT2D eigenvalue weighted by atomic mass is 10.1. The molecule has 0 aliphatic rings. The van der Waals surface area contributed by atoms with E-state index in [2.05, 4.69) is 22.1 Å². The molecule has 27 heavy (non-hydrogen) atoms. The standard InChI is InChI=1S/C21H15ClN2O3/c1-27-21(26)16-6-2-4-14(10-16)8-9-15-5-3-7-18(11-15)24-20(25)19-12-17(22)13-23-19/h2-7,10-13,23H,1H3,(H,24,25). The molecule has 6 heteroatoms. The van der Waals surface area contributed by atoms with Gasteiger partial charge in [0.15, 0.2) is 0 Å². The molecule has 134 valence electrons. The molecule has 2 N–H and O–H groups in total. The van der Waals surface area contributed by atoms with E-state index in [4.69, 9.17) is 16.3 Å². The number of ether oxygens (including phenoxy) is 1. The molecule has 0 saturated carbocycles. The molecule has 2 aromatic carbocycles. The molecule has 1 heterocycles. The van der Waals surface area contributed by atoms with Gasteiger partial charge >= 0.3 is 5.97 Å². The van der Waals surface area contributed by atoms with Gasteiger partial charge in [-0.2, -0.15) is 0 Å². The zero-order valence-corrected chi connectivity index (χ0v) is 15.1. The van der Waals surface area contributed by atoms with Gasteiger partial charge < -0.3 is 15.0 Å². The fourth-order valence-corrected chi connectivity index (χ4v) is 2.52. The first-order chi connectivity index (χ1) is 13.0. The van der Waals surface area contributed by atoms with Crippen molar-refractivity contribution in [3.63, 3.8) is 0 Å². The number of esters is 1. The predicted octanol–water partition coefficient (Wildman–Crippen LogP) is 4.11. The maximum Gasteiger partial charge on any atom is 0.337 e. The lowest BCUT2D eigenvalue weighted by Gasteiger charge is -2.04. The van der Waals surface area contributed by atoms with Crippen LogP contribution in [0.2, 0.25) is 5.02 Å². The van der Waals surface area contributed by atoms with Crippen LogP contribution in [-0.2, 0) is 4.74 Å². The number of hydrogen-bond acceptors (Lipinski definition) is 3. The fraction of sp³-hybridized carbons (Fsp3) is 0.0476. The number of benzene rings is 2. The van der Waals surface area contributed by atoms with Crippen molar-refractivity contribution in [2.24, 2.45) is 0 Å².